The van der Waals surface area contributed by atoms with Crippen LogP contribution >= 0.6 is 0 Å². The van der Waals surface area contributed by atoms with Crippen molar-refractivity contribution in [3.8, 4) is 5.75 Å². The first-order valence-electron chi connectivity index (χ1n) is 5.67. The highest BCUT2D eigenvalue weighted by Crippen LogP contribution is 2.27. The first-order valence-corrected chi connectivity index (χ1v) is 5.67. The highest BCUT2D eigenvalue weighted by Gasteiger charge is 2.22. The Balaban J connectivity index is 1.75. The predicted molar refractivity (Wildman–Crippen MR) is 64.6 cm³/mol. The Labute approximate surface area is 100 Å². The highest BCUT2D eigenvalue weighted by molar-refractivity contribution is 5.79. The SMILES string of the molecule is NC(=O)C(N)CNCC1Cc2ccccc2O1. The maximum atomic E-state index is 10.7. The van der Waals surface area contributed by atoms with E-state index in [0.29, 0.717) is 13.1 Å². The molecule has 1 amide bonds. The van der Waals surface area contributed by atoms with Crippen molar-refractivity contribution in [3.63, 3.8) is 0 Å². The number of carbonyl (C=O) groups is 1. The minimum absolute atomic E-state index is 0.104. The smallest absolute Gasteiger partial charge is 0.235 e. The second-order valence-corrected chi connectivity index (χ2v) is 4.22. The minimum Gasteiger partial charge on any atom is -0.488 e. The number of hydrogen-bond acceptors (Lipinski definition) is 4. The quantitative estimate of drug-likeness (QED) is 0.635. The van der Waals surface area contributed by atoms with Gasteiger partial charge in [0.1, 0.15) is 11.9 Å². The van der Waals surface area contributed by atoms with E-state index in [9.17, 15) is 4.79 Å². The van der Waals surface area contributed by atoms with E-state index in [-0.39, 0.29) is 6.10 Å². The maximum absolute atomic E-state index is 10.7. The molecular weight excluding hydrogens is 218 g/mol. The Bertz CT molecular complexity index is 383. The van der Waals surface area contributed by atoms with E-state index in [2.05, 4.69) is 11.4 Å². The summed E-state index contributed by atoms with van der Waals surface area (Å²) < 4.78 is 5.73. The fraction of sp³-hybridized carbons (Fsp3) is 0.417. The van der Waals surface area contributed by atoms with Crippen molar-refractivity contribution in [2.75, 3.05) is 13.1 Å². The van der Waals surface area contributed by atoms with Crippen molar-refractivity contribution in [2.45, 2.75) is 18.6 Å². The molecule has 1 aliphatic rings. The largest absolute Gasteiger partial charge is 0.488 e. The summed E-state index contributed by atoms with van der Waals surface area (Å²) in [5.41, 5.74) is 11.8. The van der Waals surface area contributed by atoms with Crippen LogP contribution in [-0.4, -0.2) is 31.1 Å². The molecule has 1 aromatic carbocycles. The molecule has 1 aromatic rings. The van der Waals surface area contributed by atoms with E-state index in [1.54, 1.807) is 0 Å². The molecule has 0 bridgehead atoms. The topological polar surface area (TPSA) is 90.4 Å². The number of nitrogens with two attached hydrogens (primary N) is 2. The normalized spacial score (nSPS) is 19.5. The Morgan fingerprint density at radius 2 is 2.29 bits per heavy atom. The van der Waals surface area contributed by atoms with Crippen LogP contribution in [0.25, 0.3) is 0 Å². The van der Waals surface area contributed by atoms with Crippen LogP contribution in [0, 0.1) is 0 Å². The molecule has 0 fully saturated rings. The van der Waals surface area contributed by atoms with Gasteiger partial charge in [0.15, 0.2) is 0 Å². The standard InChI is InChI=1S/C12H17N3O2/c13-10(12(14)16)7-15-6-9-5-8-3-1-2-4-11(8)17-9/h1-4,9-10,15H,5-7,13H2,(H2,14,16). The van der Waals surface area contributed by atoms with Crippen LogP contribution in [0.1, 0.15) is 5.56 Å². The Hall–Kier alpha value is -1.59. The zero-order chi connectivity index (χ0) is 12.3. The van der Waals surface area contributed by atoms with Gasteiger partial charge in [0, 0.05) is 19.5 Å². The molecule has 0 saturated carbocycles. The summed E-state index contributed by atoms with van der Waals surface area (Å²) >= 11 is 0. The molecule has 0 saturated heterocycles. The Kier molecular flexibility index (Phi) is 3.61. The van der Waals surface area contributed by atoms with Crippen LogP contribution in [0.4, 0.5) is 0 Å². The number of amides is 1. The summed E-state index contributed by atoms with van der Waals surface area (Å²) in [6.45, 7) is 1.04. The molecule has 2 atom stereocenters. The summed E-state index contributed by atoms with van der Waals surface area (Å²) in [6, 6.07) is 7.34. The zero-order valence-corrected chi connectivity index (χ0v) is 9.56. The number of para-hydroxylation sites is 1. The first-order chi connectivity index (χ1) is 8.16. The van der Waals surface area contributed by atoms with Crippen LogP contribution in [0.3, 0.4) is 0 Å². The van der Waals surface area contributed by atoms with Crippen LogP contribution in [-0.2, 0) is 11.2 Å². The lowest BCUT2D eigenvalue weighted by Gasteiger charge is -2.13. The van der Waals surface area contributed by atoms with E-state index in [0.717, 1.165) is 12.2 Å². The molecule has 0 spiro atoms. The van der Waals surface area contributed by atoms with Crippen molar-refractivity contribution in [1.82, 2.24) is 5.32 Å². The molecule has 5 heteroatoms. The first kappa shape index (κ1) is 11.9. The third-order valence-corrected chi connectivity index (χ3v) is 2.82. The van der Waals surface area contributed by atoms with Gasteiger partial charge in [-0.25, -0.2) is 0 Å². The predicted octanol–water partition coefficient (Wildman–Crippen LogP) is -0.608. The lowest BCUT2D eigenvalue weighted by atomic mass is 10.1. The van der Waals surface area contributed by atoms with Gasteiger partial charge in [-0.05, 0) is 11.6 Å². The Morgan fingerprint density at radius 3 is 3.00 bits per heavy atom. The van der Waals surface area contributed by atoms with Gasteiger partial charge < -0.3 is 21.5 Å². The zero-order valence-electron chi connectivity index (χ0n) is 9.56. The summed E-state index contributed by atoms with van der Waals surface area (Å²) in [6.07, 6.45) is 0.988. The van der Waals surface area contributed by atoms with Crippen molar-refractivity contribution < 1.29 is 9.53 Å². The van der Waals surface area contributed by atoms with Gasteiger partial charge in [0.05, 0.1) is 6.04 Å². The Morgan fingerprint density at radius 1 is 1.53 bits per heavy atom. The number of hydrogen-bond donors (Lipinski definition) is 3. The van der Waals surface area contributed by atoms with Gasteiger partial charge in [0.2, 0.25) is 5.91 Å². The lowest BCUT2D eigenvalue weighted by Crippen LogP contribution is -2.46. The van der Waals surface area contributed by atoms with Gasteiger partial charge in [0.25, 0.3) is 0 Å². The number of nitrogens with one attached hydrogen (secondary N) is 1. The summed E-state index contributed by atoms with van der Waals surface area (Å²) in [4.78, 5) is 10.7. The number of fused-ring (bicyclic) bond motifs is 1. The van der Waals surface area contributed by atoms with Gasteiger partial charge in [-0.2, -0.15) is 0 Å². The molecule has 1 aliphatic heterocycles. The fourth-order valence-electron chi connectivity index (χ4n) is 1.87. The molecule has 0 radical (unpaired) electrons. The molecule has 0 aromatic heterocycles. The van der Waals surface area contributed by atoms with Gasteiger partial charge in [-0.1, -0.05) is 18.2 Å². The third kappa shape index (κ3) is 2.95. The molecule has 92 valence electrons. The summed E-state index contributed by atoms with van der Waals surface area (Å²) in [5.74, 6) is 0.451. The molecule has 5 N–H and O–H groups in total. The highest BCUT2D eigenvalue weighted by atomic mass is 16.5. The number of rotatable bonds is 5. The van der Waals surface area contributed by atoms with Crippen LogP contribution in [0.15, 0.2) is 24.3 Å². The fourth-order valence-corrected chi connectivity index (χ4v) is 1.87. The number of ether oxygens (including phenoxy) is 1. The average Bonchev–Trinajstić information content (AvgIpc) is 2.71. The van der Waals surface area contributed by atoms with E-state index >= 15 is 0 Å². The van der Waals surface area contributed by atoms with Crippen LogP contribution < -0.4 is 21.5 Å². The van der Waals surface area contributed by atoms with Crippen molar-refractivity contribution in [1.29, 1.82) is 0 Å². The van der Waals surface area contributed by atoms with Crippen molar-refractivity contribution in [2.24, 2.45) is 11.5 Å². The maximum Gasteiger partial charge on any atom is 0.235 e. The van der Waals surface area contributed by atoms with Crippen molar-refractivity contribution in [3.05, 3.63) is 29.8 Å². The molecular formula is C12H17N3O2. The molecule has 0 aliphatic carbocycles. The molecule has 17 heavy (non-hydrogen) atoms. The minimum atomic E-state index is -0.640. The van der Waals surface area contributed by atoms with Gasteiger partial charge in [-0.15, -0.1) is 0 Å². The molecule has 5 nitrogen and oxygen atoms in total. The third-order valence-electron chi connectivity index (χ3n) is 2.82. The average molecular weight is 235 g/mol. The van der Waals surface area contributed by atoms with Crippen molar-refractivity contribution >= 4 is 5.91 Å². The van der Waals surface area contributed by atoms with Crippen LogP contribution in [0.5, 0.6) is 5.75 Å². The molecule has 2 unspecified atom stereocenters. The van der Waals surface area contributed by atoms with E-state index in [4.69, 9.17) is 16.2 Å². The van der Waals surface area contributed by atoms with Gasteiger partial charge >= 0.3 is 0 Å². The molecule has 2 rings (SSSR count). The van der Waals surface area contributed by atoms with E-state index in [1.807, 2.05) is 18.2 Å². The number of benzene rings is 1. The lowest BCUT2D eigenvalue weighted by molar-refractivity contribution is -0.119. The molecule has 1 heterocycles. The second kappa shape index (κ2) is 5.16. The van der Waals surface area contributed by atoms with Gasteiger partial charge in [-0.3, -0.25) is 4.79 Å². The van der Waals surface area contributed by atoms with E-state index in [1.165, 1.54) is 5.56 Å². The van der Waals surface area contributed by atoms with Crippen LogP contribution in [0.2, 0.25) is 0 Å². The summed E-state index contributed by atoms with van der Waals surface area (Å²) in [7, 11) is 0. The summed E-state index contributed by atoms with van der Waals surface area (Å²) in [5, 5.41) is 3.09. The second-order valence-electron chi connectivity index (χ2n) is 4.22. The number of carbonyl (C=O) groups excluding carboxylic acids is 1. The van der Waals surface area contributed by atoms with E-state index < -0.39 is 11.9 Å². The monoisotopic (exact) mass is 235 g/mol. The number of primary amides is 1.